The third kappa shape index (κ3) is 3.81. The number of nitro benzene ring substituents is 1. The molecule has 2 fully saturated rings. The number of nitrogens with zero attached hydrogens (tertiary/aromatic N) is 3. The zero-order valence-electron chi connectivity index (χ0n) is 16.0. The van der Waals surface area contributed by atoms with Crippen LogP contribution >= 0.6 is 0 Å². The van der Waals surface area contributed by atoms with Crippen LogP contribution in [-0.2, 0) is 10.0 Å². The maximum atomic E-state index is 13.2. The summed E-state index contributed by atoms with van der Waals surface area (Å²) in [6.45, 7) is 5.30. The Hall–Kier alpha value is -1.71. The molecule has 27 heavy (non-hydrogen) atoms. The van der Waals surface area contributed by atoms with Crippen molar-refractivity contribution in [2.24, 2.45) is 0 Å². The molecule has 0 bridgehead atoms. The fraction of sp³-hybridized carbons (Fsp3) is 0.667. The van der Waals surface area contributed by atoms with Crippen molar-refractivity contribution in [3.63, 3.8) is 0 Å². The molecule has 0 N–H and O–H groups in total. The Morgan fingerprint density at radius 3 is 2.44 bits per heavy atom. The summed E-state index contributed by atoms with van der Waals surface area (Å²) in [5.41, 5.74) is -0.193. The summed E-state index contributed by atoms with van der Waals surface area (Å²) in [6, 6.07) is 4.77. The number of nitro groups is 1. The van der Waals surface area contributed by atoms with Gasteiger partial charge in [-0.2, -0.15) is 4.31 Å². The van der Waals surface area contributed by atoms with E-state index in [0.29, 0.717) is 25.2 Å². The molecule has 3 rings (SSSR count). The van der Waals surface area contributed by atoms with E-state index in [1.54, 1.807) is 0 Å². The Kier molecular flexibility index (Phi) is 5.73. The molecule has 9 heteroatoms. The lowest BCUT2D eigenvalue weighted by atomic mass is 10.0. The SMILES string of the molecule is COc1cc([N+](=O)[O-])ccc1S(=O)(=O)N1CCC[C@H](N2[C@@H](C)CC[C@@H]2C)C1. The Morgan fingerprint density at radius 1 is 1.19 bits per heavy atom. The van der Waals surface area contributed by atoms with Gasteiger partial charge in [-0.25, -0.2) is 8.42 Å². The summed E-state index contributed by atoms with van der Waals surface area (Å²) in [7, 11) is -2.46. The van der Waals surface area contributed by atoms with Gasteiger partial charge in [0.05, 0.1) is 18.1 Å². The molecular weight excluding hydrogens is 370 g/mol. The molecule has 0 aliphatic carbocycles. The van der Waals surface area contributed by atoms with Crippen LogP contribution in [0.4, 0.5) is 5.69 Å². The van der Waals surface area contributed by atoms with Crippen molar-refractivity contribution in [1.82, 2.24) is 9.21 Å². The molecular formula is C18H27N3O5S. The molecule has 0 spiro atoms. The highest BCUT2D eigenvalue weighted by Gasteiger charge is 2.39. The van der Waals surface area contributed by atoms with E-state index in [1.165, 1.54) is 29.6 Å². The van der Waals surface area contributed by atoms with Crippen molar-refractivity contribution in [3.8, 4) is 5.75 Å². The Morgan fingerprint density at radius 2 is 1.85 bits per heavy atom. The van der Waals surface area contributed by atoms with E-state index < -0.39 is 14.9 Å². The maximum Gasteiger partial charge on any atom is 0.273 e. The predicted molar refractivity (Wildman–Crippen MR) is 101 cm³/mol. The number of sulfonamides is 1. The smallest absolute Gasteiger partial charge is 0.273 e. The number of ether oxygens (including phenoxy) is 1. The van der Waals surface area contributed by atoms with Gasteiger partial charge in [0.2, 0.25) is 10.0 Å². The van der Waals surface area contributed by atoms with Gasteiger partial charge >= 0.3 is 0 Å². The number of rotatable bonds is 5. The quantitative estimate of drug-likeness (QED) is 0.560. The lowest BCUT2D eigenvalue weighted by Gasteiger charge is -2.41. The normalized spacial score (nSPS) is 27.6. The Bertz CT molecular complexity index is 803. The van der Waals surface area contributed by atoms with Gasteiger partial charge in [0.15, 0.2) is 0 Å². The molecule has 1 aromatic carbocycles. The first kappa shape index (κ1) is 20.0. The fourth-order valence-corrected chi connectivity index (χ4v) is 6.09. The number of likely N-dealkylation sites (tertiary alicyclic amines) is 1. The van der Waals surface area contributed by atoms with Gasteiger partial charge in [-0.1, -0.05) is 0 Å². The molecule has 0 amide bonds. The van der Waals surface area contributed by atoms with E-state index in [2.05, 4.69) is 18.7 Å². The van der Waals surface area contributed by atoms with Crippen LogP contribution in [0.15, 0.2) is 23.1 Å². The summed E-state index contributed by atoms with van der Waals surface area (Å²) in [4.78, 5) is 12.8. The second kappa shape index (κ2) is 7.73. The van der Waals surface area contributed by atoms with Crippen molar-refractivity contribution in [1.29, 1.82) is 0 Å². The topological polar surface area (TPSA) is 93.0 Å². The number of methoxy groups -OCH3 is 1. The first-order valence-corrected chi connectivity index (χ1v) is 10.8. The molecule has 0 aromatic heterocycles. The van der Waals surface area contributed by atoms with Gasteiger partial charge in [0, 0.05) is 37.3 Å². The minimum absolute atomic E-state index is 0.00855. The van der Waals surface area contributed by atoms with Gasteiger partial charge < -0.3 is 4.74 Å². The summed E-state index contributed by atoms with van der Waals surface area (Å²) < 4.78 is 33.1. The minimum atomic E-state index is -3.79. The highest BCUT2D eigenvalue weighted by atomic mass is 32.2. The first-order chi connectivity index (χ1) is 12.8. The largest absolute Gasteiger partial charge is 0.495 e. The average molecular weight is 397 g/mol. The van der Waals surface area contributed by atoms with E-state index in [9.17, 15) is 18.5 Å². The van der Waals surface area contributed by atoms with Crippen LogP contribution in [0, 0.1) is 10.1 Å². The van der Waals surface area contributed by atoms with E-state index in [-0.39, 0.29) is 22.4 Å². The van der Waals surface area contributed by atoms with Crippen LogP contribution in [-0.4, -0.2) is 60.9 Å². The summed E-state index contributed by atoms with van der Waals surface area (Å²) >= 11 is 0. The maximum absolute atomic E-state index is 13.2. The van der Waals surface area contributed by atoms with Crippen molar-refractivity contribution < 1.29 is 18.1 Å². The van der Waals surface area contributed by atoms with Gasteiger partial charge in [0.25, 0.3) is 5.69 Å². The molecule has 2 aliphatic heterocycles. The predicted octanol–water partition coefficient (Wildman–Crippen LogP) is 2.63. The molecule has 2 aliphatic rings. The summed E-state index contributed by atoms with van der Waals surface area (Å²) in [5, 5.41) is 11.0. The summed E-state index contributed by atoms with van der Waals surface area (Å²) in [6.07, 6.45) is 4.06. The molecule has 2 heterocycles. The van der Waals surface area contributed by atoms with Gasteiger partial charge in [-0.3, -0.25) is 15.0 Å². The van der Waals surface area contributed by atoms with Gasteiger partial charge in [-0.05, 0) is 45.6 Å². The van der Waals surface area contributed by atoms with Crippen molar-refractivity contribution in [3.05, 3.63) is 28.3 Å². The standard InChI is InChI=1S/C18H27N3O5S/c1-13-6-7-14(2)20(13)16-5-4-10-19(12-16)27(24,25)18-9-8-15(21(22)23)11-17(18)26-3/h8-9,11,13-14,16H,4-7,10,12H2,1-3H3/t13-,14-,16-/m0/s1. The molecule has 150 valence electrons. The van der Waals surface area contributed by atoms with E-state index in [4.69, 9.17) is 4.74 Å². The van der Waals surface area contributed by atoms with E-state index in [1.807, 2.05) is 0 Å². The third-order valence-corrected chi connectivity index (χ3v) is 7.68. The molecule has 2 saturated heterocycles. The fourth-order valence-electron chi connectivity index (χ4n) is 4.44. The number of hydrogen-bond acceptors (Lipinski definition) is 6. The molecule has 0 radical (unpaired) electrons. The van der Waals surface area contributed by atoms with Crippen LogP contribution in [0.1, 0.15) is 39.5 Å². The lowest BCUT2D eigenvalue weighted by Crippen LogP contribution is -2.52. The zero-order valence-corrected chi connectivity index (χ0v) is 16.8. The lowest BCUT2D eigenvalue weighted by molar-refractivity contribution is -0.385. The minimum Gasteiger partial charge on any atom is -0.495 e. The highest BCUT2D eigenvalue weighted by Crippen LogP contribution is 2.34. The molecule has 0 unspecified atom stereocenters. The molecule has 3 atom stereocenters. The van der Waals surface area contributed by atoms with Gasteiger partial charge in [0.1, 0.15) is 10.6 Å². The Balaban J connectivity index is 1.87. The van der Waals surface area contributed by atoms with Crippen LogP contribution in [0.5, 0.6) is 5.75 Å². The van der Waals surface area contributed by atoms with Gasteiger partial charge in [-0.15, -0.1) is 0 Å². The van der Waals surface area contributed by atoms with Crippen LogP contribution < -0.4 is 4.74 Å². The number of benzene rings is 1. The van der Waals surface area contributed by atoms with Crippen molar-refractivity contribution in [2.45, 2.75) is 62.6 Å². The number of non-ortho nitro benzene ring substituents is 1. The molecule has 8 nitrogen and oxygen atoms in total. The second-order valence-corrected chi connectivity index (χ2v) is 9.38. The number of piperidine rings is 1. The van der Waals surface area contributed by atoms with Crippen LogP contribution in [0.25, 0.3) is 0 Å². The van der Waals surface area contributed by atoms with Crippen molar-refractivity contribution in [2.75, 3.05) is 20.2 Å². The van der Waals surface area contributed by atoms with E-state index >= 15 is 0 Å². The third-order valence-electron chi connectivity index (χ3n) is 5.78. The molecule has 1 aromatic rings. The van der Waals surface area contributed by atoms with Crippen molar-refractivity contribution >= 4 is 15.7 Å². The Labute approximate surface area is 160 Å². The second-order valence-electron chi connectivity index (χ2n) is 7.47. The first-order valence-electron chi connectivity index (χ1n) is 9.35. The monoisotopic (exact) mass is 397 g/mol. The van der Waals surface area contributed by atoms with Crippen LogP contribution in [0.2, 0.25) is 0 Å². The highest BCUT2D eigenvalue weighted by molar-refractivity contribution is 7.89. The van der Waals surface area contributed by atoms with E-state index in [0.717, 1.165) is 25.7 Å². The zero-order chi connectivity index (χ0) is 19.8. The molecule has 0 saturated carbocycles. The van der Waals surface area contributed by atoms with Crippen LogP contribution in [0.3, 0.4) is 0 Å². The summed E-state index contributed by atoms with van der Waals surface area (Å²) in [5.74, 6) is 0.00855. The average Bonchev–Trinajstić information content (AvgIpc) is 2.99. The number of hydrogen-bond donors (Lipinski definition) is 0.